The fourth-order valence-corrected chi connectivity index (χ4v) is 1.58. The molecule has 2 aromatic heterocycles. The normalized spacial score (nSPS) is 10.1. The largest absolute Gasteiger partial charge is 0.372 e. The van der Waals surface area contributed by atoms with E-state index in [-0.39, 0.29) is 11.6 Å². The smallest absolute Gasteiger partial charge is 0.277 e. The number of hydrogen-bond donors (Lipinski definition) is 2. The predicted octanol–water partition coefficient (Wildman–Crippen LogP) is 2.24. The van der Waals surface area contributed by atoms with Gasteiger partial charge < -0.3 is 10.6 Å². The number of anilines is 2. The van der Waals surface area contributed by atoms with Crippen molar-refractivity contribution < 1.29 is 4.79 Å². The van der Waals surface area contributed by atoms with Gasteiger partial charge >= 0.3 is 0 Å². The van der Waals surface area contributed by atoms with Gasteiger partial charge in [-0.3, -0.25) is 4.79 Å². The standard InChI is InChI=1S/C12H12BrN5O/c1-7-3-10(16-4-8(7)13)18-12(19)9-5-17-11(14-2)6-15-9/h3-6H,1-2H3,(H,14,17)(H,16,18,19). The van der Waals surface area contributed by atoms with E-state index >= 15 is 0 Å². The molecule has 0 unspecified atom stereocenters. The van der Waals surface area contributed by atoms with Crippen LogP contribution in [0.3, 0.4) is 0 Å². The summed E-state index contributed by atoms with van der Waals surface area (Å²) in [6, 6.07) is 1.78. The lowest BCUT2D eigenvalue weighted by molar-refractivity contribution is 0.102. The summed E-state index contributed by atoms with van der Waals surface area (Å²) in [4.78, 5) is 24.1. The van der Waals surface area contributed by atoms with Gasteiger partial charge in [0.1, 0.15) is 17.3 Å². The highest BCUT2D eigenvalue weighted by Crippen LogP contribution is 2.17. The predicted molar refractivity (Wildman–Crippen MR) is 76.2 cm³/mol. The highest BCUT2D eigenvalue weighted by molar-refractivity contribution is 9.10. The Hall–Kier alpha value is -2.02. The van der Waals surface area contributed by atoms with Gasteiger partial charge in [0, 0.05) is 17.7 Å². The molecule has 0 aliphatic heterocycles. The number of amides is 1. The second-order valence-corrected chi connectivity index (χ2v) is 4.66. The Labute approximate surface area is 118 Å². The molecule has 19 heavy (non-hydrogen) atoms. The van der Waals surface area contributed by atoms with Crippen molar-refractivity contribution >= 4 is 33.5 Å². The molecule has 0 spiro atoms. The van der Waals surface area contributed by atoms with E-state index in [4.69, 9.17) is 0 Å². The molecule has 7 heteroatoms. The van der Waals surface area contributed by atoms with Crippen LogP contribution in [0.5, 0.6) is 0 Å². The lowest BCUT2D eigenvalue weighted by atomic mass is 10.3. The second-order valence-electron chi connectivity index (χ2n) is 3.81. The summed E-state index contributed by atoms with van der Waals surface area (Å²) < 4.78 is 0.892. The third-order valence-electron chi connectivity index (χ3n) is 2.43. The molecule has 0 aromatic carbocycles. The van der Waals surface area contributed by atoms with Crippen LogP contribution in [0.4, 0.5) is 11.6 Å². The van der Waals surface area contributed by atoms with Crippen LogP contribution in [-0.2, 0) is 0 Å². The molecule has 0 atom stereocenters. The Morgan fingerprint density at radius 1 is 1.16 bits per heavy atom. The lowest BCUT2D eigenvalue weighted by Crippen LogP contribution is -2.15. The molecule has 2 aromatic rings. The lowest BCUT2D eigenvalue weighted by Gasteiger charge is -2.06. The van der Waals surface area contributed by atoms with Crippen LogP contribution in [0.25, 0.3) is 0 Å². The maximum atomic E-state index is 11.9. The molecular weight excluding hydrogens is 310 g/mol. The molecule has 2 rings (SSSR count). The molecule has 0 radical (unpaired) electrons. The number of aromatic nitrogens is 3. The molecule has 0 saturated heterocycles. The van der Waals surface area contributed by atoms with Gasteiger partial charge in [-0.1, -0.05) is 0 Å². The summed E-state index contributed by atoms with van der Waals surface area (Å²) in [7, 11) is 1.73. The van der Waals surface area contributed by atoms with Crippen LogP contribution >= 0.6 is 15.9 Å². The average Bonchev–Trinajstić information content (AvgIpc) is 2.43. The number of aryl methyl sites for hydroxylation is 1. The van der Waals surface area contributed by atoms with Crippen molar-refractivity contribution in [2.75, 3.05) is 17.7 Å². The van der Waals surface area contributed by atoms with Crippen LogP contribution in [0, 0.1) is 6.92 Å². The number of carbonyl (C=O) groups is 1. The quantitative estimate of drug-likeness (QED) is 0.906. The Balaban J connectivity index is 2.13. The highest BCUT2D eigenvalue weighted by Gasteiger charge is 2.09. The Bertz CT molecular complexity index is 600. The topological polar surface area (TPSA) is 79.8 Å². The third-order valence-corrected chi connectivity index (χ3v) is 3.26. The summed E-state index contributed by atoms with van der Waals surface area (Å²) in [6.45, 7) is 1.92. The van der Waals surface area contributed by atoms with E-state index in [1.54, 1.807) is 19.3 Å². The SMILES string of the molecule is CNc1cnc(C(=O)Nc2cc(C)c(Br)cn2)cn1. The minimum atomic E-state index is -0.343. The Kier molecular flexibility index (Phi) is 4.06. The Morgan fingerprint density at radius 3 is 2.47 bits per heavy atom. The zero-order chi connectivity index (χ0) is 13.8. The molecular formula is C12H12BrN5O. The summed E-state index contributed by atoms with van der Waals surface area (Å²) >= 11 is 3.35. The first-order valence-electron chi connectivity index (χ1n) is 5.53. The molecule has 1 amide bonds. The molecule has 2 heterocycles. The first-order chi connectivity index (χ1) is 9.10. The van der Waals surface area contributed by atoms with Crippen LogP contribution in [0.2, 0.25) is 0 Å². The number of halogens is 1. The van der Waals surface area contributed by atoms with Crippen molar-refractivity contribution in [2.45, 2.75) is 6.92 Å². The number of rotatable bonds is 3. The van der Waals surface area contributed by atoms with Crippen molar-refractivity contribution in [3.63, 3.8) is 0 Å². The van der Waals surface area contributed by atoms with E-state index in [0.717, 1.165) is 10.0 Å². The van der Waals surface area contributed by atoms with Gasteiger partial charge in [0.05, 0.1) is 12.4 Å². The maximum Gasteiger partial charge on any atom is 0.277 e. The van der Waals surface area contributed by atoms with Gasteiger partial charge in [-0.05, 0) is 34.5 Å². The molecule has 0 aliphatic carbocycles. The minimum absolute atomic E-state index is 0.237. The minimum Gasteiger partial charge on any atom is -0.372 e. The number of nitrogens with zero attached hydrogens (tertiary/aromatic N) is 3. The van der Waals surface area contributed by atoms with E-state index in [9.17, 15) is 4.79 Å². The number of pyridine rings is 1. The first-order valence-corrected chi connectivity index (χ1v) is 6.32. The van der Waals surface area contributed by atoms with Gasteiger partial charge in [0.2, 0.25) is 0 Å². The summed E-state index contributed by atoms with van der Waals surface area (Å²) in [6.07, 6.45) is 4.54. The first kappa shape index (κ1) is 13.4. The van der Waals surface area contributed by atoms with Crippen molar-refractivity contribution in [1.82, 2.24) is 15.0 Å². The van der Waals surface area contributed by atoms with Crippen LogP contribution in [0.15, 0.2) is 29.1 Å². The Morgan fingerprint density at radius 2 is 1.89 bits per heavy atom. The molecule has 0 bridgehead atoms. The number of carbonyl (C=O) groups excluding carboxylic acids is 1. The van der Waals surface area contributed by atoms with Gasteiger partial charge in [-0.15, -0.1) is 0 Å². The van der Waals surface area contributed by atoms with Gasteiger partial charge in [0.25, 0.3) is 5.91 Å². The second kappa shape index (κ2) is 5.75. The fraction of sp³-hybridized carbons (Fsp3) is 0.167. The van der Waals surface area contributed by atoms with E-state index in [1.807, 2.05) is 6.92 Å². The van der Waals surface area contributed by atoms with E-state index in [2.05, 4.69) is 41.5 Å². The van der Waals surface area contributed by atoms with Crippen LogP contribution in [-0.4, -0.2) is 27.9 Å². The highest BCUT2D eigenvalue weighted by atomic mass is 79.9. The van der Waals surface area contributed by atoms with E-state index in [1.165, 1.54) is 12.4 Å². The zero-order valence-electron chi connectivity index (χ0n) is 10.4. The molecule has 98 valence electrons. The zero-order valence-corrected chi connectivity index (χ0v) is 12.0. The van der Waals surface area contributed by atoms with E-state index in [0.29, 0.717) is 11.6 Å². The van der Waals surface area contributed by atoms with Crippen LogP contribution in [0.1, 0.15) is 16.1 Å². The molecule has 0 aliphatic rings. The summed E-state index contributed by atoms with van der Waals surface area (Å²) in [5.74, 6) is 0.740. The van der Waals surface area contributed by atoms with Crippen LogP contribution < -0.4 is 10.6 Å². The van der Waals surface area contributed by atoms with Gasteiger partial charge in [0.15, 0.2) is 0 Å². The van der Waals surface area contributed by atoms with Gasteiger partial charge in [-0.2, -0.15) is 0 Å². The number of nitrogens with one attached hydrogen (secondary N) is 2. The van der Waals surface area contributed by atoms with Crippen molar-refractivity contribution in [1.29, 1.82) is 0 Å². The monoisotopic (exact) mass is 321 g/mol. The van der Waals surface area contributed by atoms with Crippen molar-refractivity contribution in [3.05, 3.63) is 40.4 Å². The summed E-state index contributed by atoms with van der Waals surface area (Å²) in [5, 5.41) is 5.50. The maximum absolute atomic E-state index is 11.9. The molecule has 6 nitrogen and oxygen atoms in total. The third kappa shape index (κ3) is 3.25. The van der Waals surface area contributed by atoms with Crippen molar-refractivity contribution in [2.24, 2.45) is 0 Å². The molecule has 2 N–H and O–H groups in total. The summed E-state index contributed by atoms with van der Waals surface area (Å²) in [5.41, 5.74) is 1.23. The molecule has 0 saturated carbocycles. The van der Waals surface area contributed by atoms with E-state index < -0.39 is 0 Å². The average molecular weight is 322 g/mol. The number of hydrogen-bond acceptors (Lipinski definition) is 5. The van der Waals surface area contributed by atoms with Crippen molar-refractivity contribution in [3.8, 4) is 0 Å². The molecule has 0 fully saturated rings. The van der Waals surface area contributed by atoms with Gasteiger partial charge in [-0.25, -0.2) is 15.0 Å². The fourth-order valence-electron chi connectivity index (χ4n) is 1.36.